The Bertz CT molecular complexity index is 791. The highest BCUT2D eigenvalue weighted by molar-refractivity contribution is 5.80. The average Bonchev–Trinajstić information content (AvgIpc) is 3.19. The molecule has 5 N–H and O–H groups in total. The molecule has 0 aromatic rings. The maximum atomic E-state index is 12.5. The predicted octanol–water partition coefficient (Wildman–Crippen LogP) is 13.4. The Labute approximate surface area is 342 Å². The van der Waals surface area contributed by atoms with Crippen LogP contribution in [-0.4, -0.2) is 57.3 Å². The van der Waals surface area contributed by atoms with E-state index in [0.29, 0.717) is 12.8 Å². The number of nitrogens with one attached hydrogen (secondary N) is 1. The Morgan fingerprint density at radius 3 is 1.09 bits per heavy atom. The third-order valence-corrected chi connectivity index (χ3v) is 11.7. The number of aliphatic hydroxyl groups is 4. The van der Waals surface area contributed by atoms with Crippen LogP contribution in [0.25, 0.3) is 0 Å². The van der Waals surface area contributed by atoms with Crippen molar-refractivity contribution >= 4 is 5.91 Å². The van der Waals surface area contributed by atoms with Crippen LogP contribution in [0.15, 0.2) is 12.2 Å². The van der Waals surface area contributed by atoms with Crippen LogP contribution >= 0.6 is 0 Å². The van der Waals surface area contributed by atoms with E-state index in [9.17, 15) is 25.2 Å². The van der Waals surface area contributed by atoms with Gasteiger partial charge in [0.2, 0.25) is 5.91 Å². The van der Waals surface area contributed by atoms with Crippen LogP contribution in [0.4, 0.5) is 0 Å². The zero-order valence-electron chi connectivity index (χ0n) is 36.9. The molecule has 0 radical (unpaired) electrons. The van der Waals surface area contributed by atoms with Gasteiger partial charge in [0.05, 0.1) is 18.8 Å². The Balaban J connectivity index is 3.67. The SMILES string of the molecule is CCCCCCCCCCCCC/C=C/CCCC(O)C(O)C(CO)NC(=O)C(O)CCCCCCCCCCCCCCCCCCCCCCCCC. The van der Waals surface area contributed by atoms with Crippen LogP contribution in [0.2, 0.25) is 0 Å². The summed E-state index contributed by atoms with van der Waals surface area (Å²) < 4.78 is 0. The van der Waals surface area contributed by atoms with E-state index in [1.807, 2.05) is 0 Å². The minimum absolute atomic E-state index is 0.368. The third-order valence-electron chi connectivity index (χ3n) is 11.7. The fourth-order valence-electron chi connectivity index (χ4n) is 7.82. The molecule has 0 spiro atoms. The van der Waals surface area contributed by atoms with Crippen molar-refractivity contribution in [2.45, 2.75) is 289 Å². The van der Waals surface area contributed by atoms with Gasteiger partial charge in [-0.3, -0.25) is 4.79 Å². The fraction of sp³-hybridized carbons (Fsp3) is 0.939. The number of aliphatic hydroxyl groups excluding tert-OH is 4. The van der Waals surface area contributed by atoms with Crippen molar-refractivity contribution in [3.63, 3.8) is 0 Å². The number of unbranched alkanes of at least 4 members (excludes halogenated alkanes) is 34. The smallest absolute Gasteiger partial charge is 0.249 e. The normalized spacial score (nSPS) is 14.1. The van der Waals surface area contributed by atoms with Crippen molar-refractivity contribution in [2.24, 2.45) is 0 Å². The number of rotatable bonds is 45. The van der Waals surface area contributed by atoms with Gasteiger partial charge in [-0.25, -0.2) is 0 Å². The summed E-state index contributed by atoms with van der Waals surface area (Å²) in [6.45, 7) is 4.06. The fourth-order valence-corrected chi connectivity index (χ4v) is 7.82. The maximum Gasteiger partial charge on any atom is 0.249 e. The highest BCUT2D eigenvalue weighted by Crippen LogP contribution is 2.17. The lowest BCUT2D eigenvalue weighted by Gasteiger charge is -2.27. The Morgan fingerprint density at radius 1 is 0.436 bits per heavy atom. The molecule has 0 aromatic carbocycles. The van der Waals surface area contributed by atoms with E-state index in [2.05, 4.69) is 31.3 Å². The summed E-state index contributed by atoms with van der Waals surface area (Å²) in [7, 11) is 0. The van der Waals surface area contributed by atoms with Crippen LogP contribution in [-0.2, 0) is 4.79 Å². The molecule has 0 bridgehead atoms. The molecule has 328 valence electrons. The Hall–Kier alpha value is -0.950. The standard InChI is InChI=1S/C49H97NO5/c1-3-5-7-9-11-13-15-17-19-21-22-23-24-25-26-27-29-31-33-35-37-39-41-43-47(53)49(55)50-45(44-51)48(54)46(52)42-40-38-36-34-32-30-28-20-18-16-14-12-10-8-6-4-2/h34,36,45-48,51-54H,3-33,35,37-44H2,1-2H3,(H,50,55)/b36-34+. The van der Waals surface area contributed by atoms with Gasteiger partial charge in [0, 0.05) is 0 Å². The van der Waals surface area contributed by atoms with Gasteiger partial charge in [-0.2, -0.15) is 0 Å². The molecule has 0 heterocycles. The first kappa shape index (κ1) is 54.0. The highest BCUT2D eigenvalue weighted by Gasteiger charge is 2.28. The Kier molecular flexibility index (Phi) is 43.4. The second kappa shape index (κ2) is 44.2. The summed E-state index contributed by atoms with van der Waals surface area (Å²) in [5.41, 5.74) is 0. The van der Waals surface area contributed by atoms with Crippen molar-refractivity contribution in [3.8, 4) is 0 Å². The molecule has 4 atom stereocenters. The monoisotopic (exact) mass is 780 g/mol. The topological polar surface area (TPSA) is 110 Å². The summed E-state index contributed by atoms with van der Waals surface area (Å²) in [5, 5.41) is 43.8. The average molecular weight is 780 g/mol. The molecule has 0 aliphatic carbocycles. The second-order valence-electron chi connectivity index (χ2n) is 17.2. The quantitative estimate of drug-likeness (QED) is 0.0312. The van der Waals surface area contributed by atoms with E-state index in [1.54, 1.807) is 0 Å². The van der Waals surface area contributed by atoms with Crippen molar-refractivity contribution in [1.82, 2.24) is 5.32 Å². The van der Waals surface area contributed by atoms with Crippen LogP contribution in [0.1, 0.15) is 264 Å². The van der Waals surface area contributed by atoms with Gasteiger partial charge in [0.1, 0.15) is 12.2 Å². The third kappa shape index (κ3) is 38.3. The molecule has 0 fully saturated rings. The van der Waals surface area contributed by atoms with Gasteiger partial charge in [0.25, 0.3) is 0 Å². The molecule has 6 heteroatoms. The lowest BCUT2D eigenvalue weighted by Crippen LogP contribution is -2.53. The largest absolute Gasteiger partial charge is 0.394 e. The number of carbonyl (C=O) groups is 1. The molecule has 4 unspecified atom stereocenters. The molecule has 0 aromatic heterocycles. The van der Waals surface area contributed by atoms with Gasteiger partial charge in [-0.15, -0.1) is 0 Å². The van der Waals surface area contributed by atoms with Gasteiger partial charge in [-0.1, -0.05) is 238 Å². The van der Waals surface area contributed by atoms with E-state index in [-0.39, 0.29) is 0 Å². The molecule has 1 amide bonds. The summed E-state index contributed by atoms with van der Waals surface area (Å²) in [6.07, 6.45) is 49.7. The molecule has 0 aliphatic heterocycles. The van der Waals surface area contributed by atoms with E-state index in [0.717, 1.165) is 38.5 Å². The zero-order chi connectivity index (χ0) is 40.3. The van der Waals surface area contributed by atoms with Crippen LogP contribution in [0.3, 0.4) is 0 Å². The Morgan fingerprint density at radius 2 is 0.745 bits per heavy atom. The number of hydrogen-bond acceptors (Lipinski definition) is 5. The molecule has 0 rings (SSSR count). The van der Waals surface area contributed by atoms with Gasteiger partial charge in [0.15, 0.2) is 0 Å². The predicted molar refractivity (Wildman–Crippen MR) is 238 cm³/mol. The van der Waals surface area contributed by atoms with Gasteiger partial charge >= 0.3 is 0 Å². The van der Waals surface area contributed by atoms with Crippen molar-refractivity contribution in [3.05, 3.63) is 12.2 Å². The van der Waals surface area contributed by atoms with E-state index < -0.39 is 36.9 Å². The highest BCUT2D eigenvalue weighted by atomic mass is 16.3. The summed E-state index contributed by atoms with van der Waals surface area (Å²) in [6, 6.07) is -0.997. The van der Waals surface area contributed by atoms with Gasteiger partial charge < -0.3 is 25.7 Å². The van der Waals surface area contributed by atoms with E-state index in [1.165, 1.54) is 199 Å². The summed E-state index contributed by atoms with van der Waals surface area (Å²) >= 11 is 0. The van der Waals surface area contributed by atoms with Crippen molar-refractivity contribution < 1.29 is 25.2 Å². The molecular formula is C49H97NO5. The van der Waals surface area contributed by atoms with E-state index in [4.69, 9.17) is 0 Å². The molecule has 0 saturated carbocycles. The number of carbonyl (C=O) groups excluding carboxylic acids is 1. The van der Waals surface area contributed by atoms with E-state index >= 15 is 0 Å². The maximum absolute atomic E-state index is 12.5. The first-order valence-electron chi connectivity index (χ1n) is 24.6. The molecule has 0 aliphatic rings. The number of allylic oxidation sites excluding steroid dienone is 2. The lowest BCUT2D eigenvalue weighted by atomic mass is 10.00. The molecular weight excluding hydrogens is 683 g/mol. The zero-order valence-corrected chi connectivity index (χ0v) is 36.9. The molecule has 6 nitrogen and oxygen atoms in total. The second-order valence-corrected chi connectivity index (χ2v) is 17.2. The van der Waals surface area contributed by atoms with Crippen molar-refractivity contribution in [1.29, 1.82) is 0 Å². The van der Waals surface area contributed by atoms with Crippen LogP contribution in [0.5, 0.6) is 0 Å². The van der Waals surface area contributed by atoms with Crippen LogP contribution in [0, 0.1) is 0 Å². The first-order valence-corrected chi connectivity index (χ1v) is 24.6. The van der Waals surface area contributed by atoms with Crippen molar-refractivity contribution in [2.75, 3.05) is 6.61 Å². The first-order chi connectivity index (χ1) is 27.0. The summed E-state index contributed by atoms with van der Waals surface area (Å²) in [4.78, 5) is 12.5. The minimum atomic E-state index is -1.28. The number of hydrogen-bond donors (Lipinski definition) is 5. The summed E-state index contributed by atoms with van der Waals surface area (Å²) in [5.74, 6) is -0.588. The lowest BCUT2D eigenvalue weighted by molar-refractivity contribution is -0.132. The van der Waals surface area contributed by atoms with Gasteiger partial charge in [-0.05, 0) is 38.5 Å². The molecule has 55 heavy (non-hydrogen) atoms. The number of amides is 1. The minimum Gasteiger partial charge on any atom is -0.394 e. The van der Waals surface area contributed by atoms with Crippen LogP contribution < -0.4 is 5.32 Å². The molecule has 0 saturated heterocycles.